The van der Waals surface area contributed by atoms with Gasteiger partial charge < -0.3 is 29.5 Å². The van der Waals surface area contributed by atoms with E-state index in [-0.39, 0.29) is 42.9 Å². The van der Waals surface area contributed by atoms with Gasteiger partial charge in [-0.2, -0.15) is 0 Å². The maximum Gasteiger partial charge on any atom is 0.268 e. The van der Waals surface area contributed by atoms with Gasteiger partial charge in [0.1, 0.15) is 18.4 Å². The predicted molar refractivity (Wildman–Crippen MR) is 128 cm³/mol. The number of nitrogens with one attached hydrogen (secondary N) is 1. The number of carbonyl (C=O) groups is 2. The van der Waals surface area contributed by atoms with Gasteiger partial charge in [0, 0.05) is 19.2 Å². The molecule has 2 heterocycles. The molecule has 0 unspecified atom stereocenters. The summed E-state index contributed by atoms with van der Waals surface area (Å²) in [5, 5.41) is 13.0. The number of para-hydroxylation sites is 2. The lowest BCUT2D eigenvalue weighted by Crippen LogP contribution is -2.53. The minimum absolute atomic E-state index is 0.0599. The average molecular weight is 481 g/mol. The molecule has 8 heteroatoms. The number of phenolic OH excluding ortho intramolecular Hbond substituents is 1. The minimum atomic E-state index is -0.884. The first-order valence-corrected chi connectivity index (χ1v) is 12.5. The number of phenols is 1. The molecule has 2 aromatic rings. The van der Waals surface area contributed by atoms with Gasteiger partial charge in [0.05, 0.1) is 6.10 Å². The van der Waals surface area contributed by atoms with Crippen molar-refractivity contribution in [3.63, 3.8) is 0 Å². The van der Waals surface area contributed by atoms with Gasteiger partial charge in [0.15, 0.2) is 11.5 Å². The highest BCUT2D eigenvalue weighted by atomic mass is 16.6. The second kappa shape index (κ2) is 10.6. The molecule has 0 aromatic heterocycles. The van der Waals surface area contributed by atoms with Crippen molar-refractivity contribution in [2.45, 2.75) is 62.8 Å². The van der Waals surface area contributed by atoms with Crippen molar-refractivity contribution in [1.29, 1.82) is 0 Å². The third-order valence-corrected chi connectivity index (χ3v) is 6.96. The molecule has 0 bridgehead atoms. The minimum Gasteiger partial charge on any atom is -0.508 e. The number of carbonyl (C=O) groups excluding carboxylic acids is 2. The van der Waals surface area contributed by atoms with E-state index in [0.717, 1.165) is 38.5 Å². The first-order chi connectivity index (χ1) is 17.1. The predicted octanol–water partition coefficient (Wildman–Crippen LogP) is 3.34. The smallest absolute Gasteiger partial charge is 0.268 e. The normalized spacial score (nSPS) is 22.5. The molecular weight excluding hydrogens is 448 g/mol. The summed E-state index contributed by atoms with van der Waals surface area (Å²) < 4.78 is 17.7. The van der Waals surface area contributed by atoms with E-state index in [1.165, 1.54) is 12.1 Å². The van der Waals surface area contributed by atoms with Crippen LogP contribution in [0.5, 0.6) is 17.2 Å². The van der Waals surface area contributed by atoms with Crippen LogP contribution in [0, 0.1) is 0 Å². The van der Waals surface area contributed by atoms with E-state index in [1.54, 1.807) is 29.2 Å². The molecule has 1 saturated heterocycles. The van der Waals surface area contributed by atoms with Crippen molar-refractivity contribution in [2.24, 2.45) is 0 Å². The first-order valence-electron chi connectivity index (χ1n) is 12.5. The highest BCUT2D eigenvalue weighted by Crippen LogP contribution is 2.33. The van der Waals surface area contributed by atoms with Crippen LogP contribution >= 0.6 is 0 Å². The number of hydrogen-bond acceptors (Lipinski definition) is 6. The Morgan fingerprint density at radius 1 is 1.00 bits per heavy atom. The number of rotatable bonds is 7. The molecule has 5 rings (SSSR count). The van der Waals surface area contributed by atoms with Gasteiger partial charge in [-0.3, -0.25) is 9.59 Å². The second-order valence-corrected chi connectivity index (χ2v) is 9.47. The third kappa shape index (κ3) is 5.37. The number of nitrogens with zero attached hydrogens (tertiary/aromatic N) is 1. The molecule has 0 radical (unpaired) electrons. The topological polar surface area (TPSA) is 97.3 Å². The SMILES string of the molecule is O=C(NC1CCCC1)[C@H](c1ccc(O)cc1)N(C[C@@H]1CCCO1)C(=O)[C@@H]1COc2ccccc2O1. The summed E-state index contributed by atoms with van der Waals surface area (Å²) in [6.45, 7) is 0.968. The Morgan fingerprint density at radius 3 is 2.46 bits per heavy atom. The molecule has 8 nitrogen and oxygen atoms in total. The standard InChI is InChI=1S/C27H32N2O6/c30-20-13-11-18(12-14-20)25(26(31)28-19-6-1-2-7-19)29(16-21-8-5-15-33-21)27(32)24-17-34-22-9-3-4-10-23(22)35-24/h3-4,9-14,19,21,24-25,30H,1-2,5-8,15-17H2,(H,28,31)/t21-,24-,25-/m0/s1. The number of fused-ring (bicyclic) bond motifs is 1. The summed E-state index contributed by atoms with van der Waals surface area (Å²) in [7, 11) is 0. The maximum absolute atomic E-state index is 14.0. The van der Waals surface area contributed by atoms with Crippen LogP contribution in [-0.2, 0) is 14.3 Å². The fraction of sp³-hybridized carbons (Fsp3) is 0.481. The highest BCUT2D eigenvalue weighted by molar-refractivity contribution is 5.91. The molecule has 2 aromatic carbocycles. The second-order valence-electron chi connectivity index (χ2n) is 9.47. The van der Waals surface area contributed by atoms with Crippen molar-refractivity contribution in [3.05, 3.63) is 54.1 Å². The first kappa shape index (κ1) is 23.5. The quantitative estimate of drug-likeness (QED) is 0.631. The fourth-order valence-corrected chi connectivity index (χ4v) is 5.14. The number of aromatic hydroxyl groups is 1. The van der Waals surface area contributed by atoms with Crippen molar-refractivity contribution < 1.29 is 28.9 Å². The van der Waals surface area contributed by atoms with Crippen molar-refractivity contribution in [3.8, 4) is 17.2 Å². The Bertz CT molecular complexity index is 1030. The van der Waals surface area contributed by atoms with Gasteiger partial charge >= 0.3 is 0 Å². The molecule has 2 N–H and O–H groups in total. The molecule has 0 spiro atoms. The van der Waals surface area contributed by atoms with Crippen LogP contribution < -0.4 is 14.8 Å². The molecule has 2 aliphatic heterocycles. The summed E-state index contributed by atoms with van der Waals surface area (Å²) in [6, 6.07) is 12.9. The third-order valence-electron chi connectivity index (χ3n) is 6.96. The molecule has 2 amide bonds. The van der Waals surface area contributed by atoms with Crippen LogP contribution in [0.2, 0.25) is 0 Å². The number of amides is 2. The Morgan fingerprint density at radius 2 is 1.74 bits per heavy atom. The van der Waals surface area contributed by atoms with E-state index >= 15 is 0 Å². The number of ether oxygens (including phenoxy) is 3. The fourth-order valence-electron chi connectivity index (χ4n) is 5.14. The summed E-state index contributed by atoms with van der Waals surface area (Å²) in [5.74, 6) is 0.643. The van der Waals surface area contributed by atoms with Crippen LogP contribution in [0.4, 0.5) is 0 Å². The van der Waals surface area contributed by atoms with E-state index in [9.17, 15) is 14.7 Å². The van der Waals surface area contributed by atoms with Crippen LogP contribution in [0.3, 0.4) is 0 Å². The molecular formula is C27H32N2O6. The van der Waals surface area contributed by atoms with Crippen LogP contribution in [0.1, 0.15) is 50.1 Å². The Labute approximate surface area is 205 Å². The molecule has 1 saturated carbocycles. The molecule has 3 aliphatic rings. The molecule has 186 valence electrons. The van der Waals surface area contributed by atoms with Gasteiger partial charge in [-0.25, -0.2) is 0 Å². The lowest BCUT2D eigenvalue weighted by Gasteiger charge is -2.37. The summed E-state index contributed by atoms with van der Waals surface area (Å²) in [4.78, 5) is 29.2. The van der Waals surface area contributed by atoms with Gasteiger partial charge in [-0.1, -0.05) is 37.1 Å². The van der Waals surface area contributed by atoms with E-state index < -0.39 is 12.1 Å². The monoisotopic (exact) mass is 480 g/mol. The lowest BCUT2D eigenvalue weighted by atomic mass is 10.0. The zero-order chi connectivity index (χ0) is 24.2. The highest BCUT2D eigenvalue weighted by Gasteiger charge is 2.40. The summed E-state index contributed by atoms with van der Waals surface area (Å²) >= 11 is 0. The van der Waals surface area contributed by atoms with Crippen molar-refractivity contribution in [1.82, 2.24) is 10.2 Å². The lowest BCUT2D eigenvalue weighted by molar-refractivity contribution is -0.150. The van der Waals surface area contributed by atoms with E-state index in [1.807, 2.05) is 12.1 Å². The Hall–Kier alpha value is -3.26. The molecule has 3 atom stereocenters. The number of benzene rings is 2. The van der Waals surface area contributed by atoms with Crippen LogP contribution in [0.25, 0.3) is 0 Å². The van der Waals surface area contributed by atoms with Gasteiger partial charge in [0.25, 0.3) is 5.91 Å². The molecule has 2 fully saturated rings. The largest absolute Gasteiger partial charge is 0.508 e. The van der Waals surface area contributed by atoms with E-state index in [2.05, 4.69) is 5.32 Å². The van der Waals surface area contributed by atoms with Gasteiger partial charge in [-0.15, -0.1) is 0 Å². The van der Waals surface area contributed by atoms with Gasteiger partial charge in [-0.05, 0) is 55.5 Å². The van der Waals surface area contributed by atoms with Crippen LogP contribution in [-0.4, -0.2) is 59.8 Å². The maximum atomic E-state index is 14.0. The Balaban J connectivity index is 1.46. The van der Waals surface area contributed by atoms with Crippen molar-refractivity contribution >= 4 is 11.8 Å². The zero-order valence-electron chi connectivity index (χ0n) is 19.7. The summed E-state index contributed by atoms with van der Waals surface area (Å²) in [6.07, 6.45) is 4.73. The van der Waals surface area contributed by atoms with Crippen molar-refractivity contribution in [2.75, 3.05) is 19.8 Å². The van der Waals surface area contributed by atoms with E-state index in [0.29, 0.717) is 23.7 Å². The zero-order valence-corrected chi connectivity index (χ0v) is 19.7. The molecule has 35 heavy (non-hydrogen) atoms. The van der Waals surface area contributed by atoms with E-state index in [4.69, 9.17) is 14.2 Å². The van der Waals surface area contributed by atoms with Gasteiger partial charge in [0.2, 0.25) is 12.0 Å². The summed E-state index contributed by atoms with van der Waals surface area (Å²) in [5.41, 5.74) is 0.627. The number of hydrogen-bond donors (Lipinski definition) is 2. The Kier molecular flexibility index (Phi) is 7.08. The van der Waals surface area contributed by atoms with Crippen LogP contribution in [0.15, 0.2) is 48.5 Å². The molecule has 1 aliphatic carbocycles. The average Bonchev–Trinajstić information content (AvgIpc) is 3.58.